The number of aliphatic carboxylic acids is 1. The van der Waals surface area contributed by atoms with E-state index in [1.807, 2.05) is 6.07 Å². The van der Waals surface area contributed by atoms with Crippen LogP contribution in [0.15, 0.2) is 18.2 Å². The summed E-state index contributed by atoms with van der Waals surface area (Å²) in [5.74, 6) is -1.50. The Morgan fingerprint density at radius 1 is 1.32 bits per heavy atom. The minimum atomic E-state index is -1.16. The van der Waals surface area contributed by atoms with Crippen molar-refractivity contribution in [3.05, 3.63) is 34.9 Å². The molecule has 19 heavy (non-hydrogen) atoms. The quantitative estimate of drug-likeness (QED) is 0.724. The normalized spacial score (nSPS) is 14.8. The molecule has 0 fully saturated rings. The molecule has 5 heteroatoms. The van der Waals surface area contributed by atoms with Crippen LogP contribution in [0.2, 0.25) is 0 Å². The molecule has 0 aliphatic heterocycles. The van der Waals surface area contributed by atoms with E-state index in [2.05, 4.69) is 17.4 Å². The fourth-order valence-electron chi connectivity index (χ4n) is 2.29. The molecule has 1 aromatic carbocycles. The summed E-state index contributed by atoms with van der Waals surface area (Å²) in [6, 6.07) is 5.08. The molecule has 1 aliphatic carbocycles. The van der Waals surface area contributed by atoms with Crippen molar-refractivity contribution in [3.63, 3.8) is 0 Å². The first-order valence-corrected chi connectivity index (χ1v) is 6.42. The smallest absolute Gasteiger partial charge is 0.321 e. The van der Waals surface area contributed by atoms with Gasteiger partial charge in [0.05, 0.1) is 6.42 Å². The Balaban J connectivity index is 1.85. The van der Waals surface area contributed by atoms with Crippen LogP contribution in [-0.4, -0.2) is 23.0 Å². The number of benzene rings is 1. The Bertz CT molecular complexity index is 499. The first kappa shape index (κ1) is 13.5. The van der Waals surface area contributed by atoms with E-state index >= 15 is 0 Å². The second-order valence-electron chi connectivity index (χ2n) is 4.88. The van der Waals surface area contributed by atoms with Crippen LogP contribution >= 0.6 is 0 Å². The Hall–Kier alpha value is -1.88. The molecular formula is C14H18N2O3. The molecule has 0 bridgehead atoms. The molecule has 1 amide bonds. The molecular weight excluding hydrogens is 244 g/mol. The second kappa shape index (κ2) is 5.84. The van der Waals surface area contributed by atoms with Crippen LogP contribution in [0.1, 0.15) is 29.5 Å². The number of amides is 1. The summed E-state index contributed by atoms with van der Waals surface area (Å²) < 4.78 is 0. The number of carbonyl (C=O) groups excluding carboxylic acids is 1. The van der Waals surface area contributed by atoms with Gasteiger partial charge in [0, 0.05) is 6.54 Å². The minimum Gasteiger partial charge on any atom is -0.480 e. The lowest BCUT2D eigenvalue weighted by molar-refractivity contribution is -0.140. The van der Waals surface area contributed by atoms with Gasteiger partial charge in [-0.15, -0.1) is 0 Å². The zero-order valence-corrected chi connectivity index (χ0v) is 10.7. The van der Waals surface area contributed by atoms with Gasteiger partial charge in [-0.25, -0.2) is 0 Å². The van der Waals surface area contributed by atoms with E-state index in [4.69, 9.17) is 10.8 Å². The lowest BCUT2D eigenvalue weighted by atomic mass is 10.1. The average Bonchev–Trinajstić information content (AvgIpc) is 2.83. The van der Waals surface area contributed by atoms with Gasteiger partial charge in [0.25, 0.3) is 0 Å². The molecule has 1 aromatic rings. The van der Waals surface area contributed by atoms with Crippen LogP contribution in [0, 0.1) is 0 Å². The van der Waals surface area contributed by atoms with Crippen LogP contribution < -0.4 is 11.1 Å². The fourth-order valence-corrected chi connectivity index (χ4v) is 2.29. The van der Waals surface area contributed by atoms with Gasteiger partial charge in [0.1, 0.15) is 6.04 Å². The number of nitrogens with one attached hydrogen (secondary N) is 1. The molecule has 1 atom stereocenters. The number of hydrogen-bond donors (Lipinski definition) is 3. The van der Waals surface area contributed by atoms with Gasteiger partial charge in [0.2, 0.25) is 5.91 Å². The van der Waals surface area contributed by atoms with E-state index in [0.717, 1.165) is 18.4 Å². The minimum absolute atomic E-state index is 0.194. The van der Waals surface area contributed by atoms with Crippen LogP contribution in [0.3, 0.4) is 0 Å². The third-order valence-corrected chi connectivity index (χ3v) is 3.38. The molecule has 1 aliphatic rings. The zero-order valence-electron chi connectivity index (χ0n) is 10.7. The van der Waals surface area contributed by atoms with E-state index in [1.54, 1.807) is 0 Å². The first-order chi connectivity index (χ1) is 9.06. The standard InChI is InChI=1S/C14H18N2O3/c15-12(14(18)19)7-13(17)16-8-9-4-5-10-2-1-3-11(10)6-9/h4-6,12H,1-3,7-8,15H2,(H,16,17)(H,18,19). The largest absolute Gasteiger partial charge is 0.480 e. The van der Waals surface area contributed by atoms with Gasteiger partial charge >= 0.3 is 5.97 Å². The molecule has 4 N–H and O–H groups in total. The van der Waals surface area contributed by atoms with E-state index in [-0.39, 0.29) is 12.3 Å². The highest BCUT2D eigenvalue weighted by atomic mass is 16.4. The van der Waals surface area contributed by atoms with Crippen LogP contribution in [0.4, 0.5) is 0 Å². The number of carboxylic acids is 1. The summed E-state index contributed by atoms with van der Waals surface area (Å²) in [6.07, 6.45) is 3.23. The van der Waals surface area contributed by atoms with Crippen molar-refractivity contribution in [2.75, 3.05) is 0 Å². The average molecular weight is 262 g/mol. The number of hydrogen-bond acceptors (Lipinski definition) is 3. The highest BCUT2D eigenvalue weighted by Crippen LogP contribution is 2.22. The summed E-state index contributed by atoms with van der Waals surface area (Å²) in [7, 11) is 0. The Morgan fingerprint density at radius 3 is 2.79 bits per heavy atom. The highest BCUT2D eigenvalue weighted by molar-refractivity contribution is 5.84. The number of fused-ring (bicyclic) bond motifs is 1. The van der Waals surface area contributed by atoms with E-state index in [0.29, 0.717) is 6.54 Å². The monoisotopic (exact) mass is 262 g/mol. The summed E-state index contributed by atoms with van der Waals surface area (Å²) in [5, 5.41) is 11.3. The highest BCUT2D eigenvalue weighted by Gasteiger charge is 2.16. The summed E-state index contributed by atoms with van der Waals surface area (Å²) in [4.78, 5) is 22.0. The number of carboxylic acid groups (broad SMARTS) is 1. The molecule has 0 spiro atoms. The lowest BCUT2D eigenvalue weighted by Gasteiger charge is -2.09. The number of rotatable bonds is 5. The fraction of sp³-hybridized carbons (Fsp3) is 0.429. The third kappa shape index (κ3) is 3.54. The molecule has 1 unspecified atom stereocenters. The molecule has 0 aromatic heterocycles. The van der Waals surface area contributed by atoms with Crippen LogP contribution in [0.5, 0.6) is 0 Å². The third-order valence-electron chi connectivity index (χ3n) is 3.38. The van der Waals surface area contributed by atoms with Crippen molar-refractivity contribution in [2.24, 2.45) is 5.73 Å². The predicted octanol–water partition coefficient (Wildman–Crippen LogP) is 0.593. The summed E-state index contributed by atoms with van der Waals surface area (Å²) >= 11 is 0. The Labute approximate surface area is 111 Å². The van der Waals surface area contributed by atoms with Crippen molar-refractivity contribution >= 4 is 11.9 Å². The van der Waals surface area contributed by atoms with Crippen molar-refractivity contribution in [3.8, 4) is 0 Å². The molecule has 2 rings (SSSR count). The lowest BCUT2D eigenvalue weighted by Crippen LogP contribution is -2.36. The predicted molar refractivity (Wildman–Crippen MR) is 70.5 cm³/mol. The van der Waals surface area contributed by atoms with Crippen LogP contribution in [-0.2, 0) is 29.0 Å². The maximum Gasteiger partial charge on any atom is 0.321 e. The second-order valence-corrected chi connectivity index (χ2v) is 4.88. The molecule has 0 radical (unpaired) electrons. The Morgan fingerprint density at radius 2 is 2.05 bits per heavy atom. The molecule has 102 valence electrons. The summed E-state index contributed by atoms with van der Waals surface area (Å²) in [6.45, 7) is 0.415. The number of carbonyl (C=O) groups is 2. The molecule has 0 saturated heterocycles. The number of aryl methyl sites for hydroxylation is 2. The maximum absolute atomic E-state index is 11.5. The van der Waals surface area contributed by atoms with Crippen molar-refractivity contribution in [1.82, 2.24) is 5.32 Å². The van der Waals surface area contributed by atoms with E-state index < -0.39 is 12.0 Å². The van der Waals surface area contributed by atoms with Crippen molar-refractivity contribution < 1.29 is 14.7 Å². The molecule has 5 nitrogen and oxygen atoms in total. The van der Waals surface area contributed by atoms with Gasteiger partial charge in [-0.1, -0.05) is 18.2 Å². The van der Waals surface area contributed by atoms with Gasteiger partial charge in [-0.2, -0.15) is 0 Å². The van der Waals surface area contributed by atoms with Gasteiger partial charge < -0.3 is 16.2 Å². The Kier molecular flexibility index (Phi) is 4.16. The van der Waals surface area contributed by atoms with Gasteiger partial charge in [0.15, 0.2) is 0 Å². The topological polar surface area (TPSA) is 92.4 Å². The van der Waals surface area contributed by atoms with Crippen molar-refractivity contribution in [2.45, 2.75) is 38.3 Å². The van der Waals surface area contributed by atoms with E-state index in [1.165, 1.54) is 17.5 Å². The van der Waals surface area contributed by atoms with Crippen molar-refractivity contribution in [1.29, 1.82) is 0 Å². The molecule has 0 heterocycles. The van der Waals surface area contributed by atoms with Gasteiger partial charge in [-0.05, 0) is 36.0 Å². The molecule has 0 saturated carbocycles. The van der Waals surface area contributed by atoms with Gasteiger partial charge in [-0.3, -0.25) is 9.59 Å². The SMILES string of the molecule is NC(CC(=O)NCc1ccc2c(c1)CCC2)C(=O)O. The van der Waals surface area contributed by atoms with Crippen LogP contribution in [0.25, 0.3) is 0 Å². The maximum atomic E-state index is 11.5. The zero-order chi connectivity index (χ0) is 13.8. The summed E-state index contributed by atoms with van der Waals surface area (Å²) in [5.41, 5.74) is 9.09. The first-order valence-electron chi connectivity index (χ1n) is 6.42. The number of nitrogens with two attached hydrogens (primary N) is 1. The van der Waals surface area contributed by atoms with E-state index in [9.17, 15) is 9.59 Å².